The molecule has 1 N–H and O–H groups in total. The van der Waals surface area contributed by atoms with Crippen LogP contribution in [0, 0.1) is 0 Å². The summed E-state index contributed by atoms with van der Waals surface area (Å²) < 4.78 is 43.6. The maximum atomic E-state index is 12.7. The molecule has 2 aromatic rings. The van der Waals surface area contributed by atoms with E-state index < -0.39 is 11.7 Å². The molecule has 0 bridgehead atoms. The number of hydrogen-bond acceptors (Lipinski definition) is 3. The van der Waals surface area contributed by atoms with Crippen LogP contribution in [0.5, 0.6) is 0 Å². The number of pyridine rings is 1. The van der Waals surface area contributed by atoms with E-state index in [1.165, 1.54) is 0 Å². The van der Waals surface area contributed by atoms with Gasteiger partial charge in [-0.05, 0) is 18.2 Å². The van der Waals surface area contributed by atoms with Crippen molar-refractivity contribution in [1.82, 2.24) is 0 Å². The van der Waals surface area contributed by atoms with E-state index in [4.69, 9.17) is 16.3 Å². The molecule has 1 aliphatic rings. The second-order valence-corrected chi connectivity index (χ2v) is 6.45. The van der Waals surface area contributed by atoms with Gasteiger partial charge >= 0.3 is 12.1 Å². The highest BCUT2D eigenvalue weighted by Crippen LogP contribution is 2.32. The predicted octanol–water partition coefficient (Wildman–Crippen LogP) is 4.00. The van der Waals surface area contributed by atoms with E-state index in [-0.39, 0.29) is 17.1 Å². The number of benzene rings is 1. The number of carbonyl (C=O) groups is 1. The number of anilines is 1. The summed E-state index contributed by atoms with van der Waals surface area (Å²) in [6.07, 6.45) is -2.62. The predicted molar refractivity (Wildman–Crippen MR) is 90.1 cm³/mol. The van der Waals surface area contributed by atoms with Crippen LogP contribution in [0.3, 0.4) is 0 Å². The van der Waals surface area contributed by atoms with E-state index in [0.717, 1.165) is 12.3 Å². The van der Waals surface area contributed by atoms with Crippen molar-refractivity contribution in [2.75, 3.05) is 18.0 Å². The van der Waals surface area contributed by atoms with Gasteiger partial charge in [0.1, 0.15) is 17.3 Å². The first-order chi connectivity index (χ1) is 12.3. The Labute approximate surface area is 153 Å². The fourth-order valence-corrected chi connectivity index (χ4v) is 3.15. The zero-order valence-corrected chi connectivity index (χ0v) is 14.5. The van der Waals surface area contributed by atoms with Crippen LogP contribution in [0.4, 0.5) is 19.0 Å². The van der Waals surface area contributed by atoms with Gasteiger partial charge in [-0.1, -0.05) is 29.8 Å². The first-order valence-corrected chi connectivity index (χ1v) is 8.52. The van der Waals surface area contributed by atoms with E-state index in [2.05, 4.69) is 4.98 Å². The molecule has 3 rings (SSSR count). The monoisotopic (exact) mass is 385 g/mol. The van der Waals surface area contributed by atoms with Crippen LogP contribution in [-0.4, -0.2) is 25.2 Å². The summed E-state index contributed by atoms with van der Waals surface area (Å²) in [5, 5.41) is 0.0135. The Morgan fingerprint density at radius 1 is 1.19 bits per heavy atom. The molecule has 0 amide bonds. The third-order valence-corrected chi connectivity index (χ3v) is 4.53. The standard InChI is InChI=1S/C18H16ClF3N2O2/c19-15-10-13(18(20,21)22)11-23-16(15)24-8-6-14(7-9-24)26-17(25)12-4-2-1-3-5-12/h1-5,10-11,14H,6-9H2/p+1. The topological polar surface area (TPSA) is 43.7 Å². The smallest absolute Gasteiger partial charge is 0.419 e. The third-order valence-electron chi connectivity index (χ3n) is 4.24. The van der Waals surface area contributed by atoms with Crippen LogP contribution >= 0.6 is 11.6 Å². The van der Waals surface area contributed by atoms with Crippen molar-refractivity contribution in [1.29, 1.82) is 0 Å². The highest BCUT2D eigenvalue weighted by atomic mass is 35.5. The number of hydrogen-bond donors (Lipinski definition) is 0. The van der Waals surface area contributed by atoms with Crippen LogP contribution in [0.25, 0.3) is 0 Å². The normalized spacial score (nSPS) is 15.8. The first-order valence-electron chi connectivity index (χ1n) is 8.14. The summed E-state index contributed by atoms with van der Waals surface area (Å²) in [5.74, 6) is 0.0654. The number of nitrogens with zero attached hydrogens (tertiary/aromatic N) is 1. The minimum atomic E-state index is -4.45. The van der Waals surface area contributed by atoms with Gasteiger partial charge in [0.25, 0.3) is 5.82 Å². The molecule has 0 spiro atoms. The number of aromatic amines is 1. The van der Waals surface area contributed by atoms with Crippen molar-refractivity contribution in [2.24, 2.45) is 0 Å². The molecule has 0 aliphatic carbocycles. The van der Waals surface area contributed by atoms with Gasteiger partial charge in [0.15, 0.2) is 0 Å². The number of rotatable bonds is 3. The third kappa shape index (κ3) is 4.27. The van der Waals surface area contributed by atoms with Crippen LogP contribution in [0.15, 0.2) is 42.6 Å². The van der Waals surface area contributed by atoms with Gasteiger partial charge in [0.2, 0.25) is 0 Å². The first kappa shape index (κ1) is 18.5. The zero-order chi connectivity index (χ0) is 18.7. The summed E-state index contributed by atoms with van der Waals surface area (Å²) in [6, 6.07) is 9.64. The molecule has 0 atom stereocenters. The van der Waals surface area contributed by atoms with E-state index in [1.807, 2.05) is 11.0 Å². The maximum Gasteiger partial charge on any atom is 0.419 e. The number of H-pyrrole nitrogens is 1. The van der Waals surface area contributed by atoms with Gasteiger partial charge in [-0.2, -0.15) is 13.2 Å². The number of aromatic nitrogens is 1. The second kappa shape index (κ2) is 7.53. The lowest BCUT2D eigenvalue weighted by Gasteiger charge is -2.28. The molecule has 8 heteroatoms. The van der Waals surface area contributed by atoms with Gasteiger partial charge in [-0.3, -0.25) is 4.90 Å². The number of halogens is 4. The molecule has 1 aliphatic heterocycles. The van der Waals surface area contributed by atoms with Crippen molar-refractivity contribution in [2.45, 2.75) is 25.1 Å². The summed E-state index contributed by atoms with van der Waals surface area (Å²) in [6.45, 7) is 1.04. The zero-order valence-electron chi connectivity index (χ0n) is 13.7. The molecule has 1 saturated heterocycles. The van der Waals surface area contributed by atoms with Crippen LogP contribution < -0.4 is 9.88 Å². The average Bonchev–Trinajstić information content (AvgIpc) is 2.62. The van der Waals surface area contributed by atoms with Crippen molar-refractivity contribution in [3.05, 3.63) is 58.7 Å². The van der Waals surface area contributed by atoms with Crippen molar-refractivity contribution in [3.8, 4) is 0 Å². The summed E-state index contributed by atoms with van der Waals surface area (Å²) in [7, 11) is 0. The maximum absolute atomic E-state index is 12.7. The lowest BCUT2D eigenvalue weighted by atomic mass is 10.1. The Kier molecular flexibility index (Phi) is 5.36. The molecule has 1 fully saturated rings. The molecule has 138 valence electrons. The Morgan fingerprint density at radius 3 is 2.42 bits per heavy atom. The van der Waals surface area contributed by atoms with Crippen molar-refractivity contribution in [3.63, 3.8) is 0 Å². The van der Waals surface area contributed by atoms with E-state index in [0.29, 0.717) is 37.3 Å². The Hall–Kier alpha value is -2.28. The Bertz CT molecular complexity index is 776. The molecule has 0 radical (unpaired) electrons. The number of nitrogens with one attached hydrogen (secondary N) is 1. The molecular formula is C18H17ClF3N2O2+. The fraction of sp³-hybridized carbons (Fsp3) is 0.333. The van der Waals surface area contributed by atoms with Crippen LogP contribution in [0.2, 0.25) is 5.02 Å². The lowest BCUT2D eigenvalue weighted by Crippen LogP contribution is -2.40. The van der Waals surface area contributed by atoms with Gasteiger partial charge in [-0.15, -0.1) is 0 Å². The lowest BCUT2D eigenvalue weighted by molar-refractivity contribution is -0.367. The number of ether oxygens (including phenoxy) is 1. The molecule has 26 heavy (non-hydrogen) atoms. The fourth-order valence-electron chi connectivity index (χ4n) is 2.86. The van der Waals surface area contributed by atoms with Gasteiger partial charge in [0.05, 0.1) is 24.2 Å². The minimum absolute atomic E-state index is 0.0135. The molecule has 0 unspecified atom stereocenters. The summed E-state index contributed by atoms with van der Waals surface area (Å²) >= 11 is 6.01. The van der Waals surface area contributed by atoms with Crippen molar-refractivity contribution < 1.29 is 27.7 Å². The molecule has 0 saturated carbocycles. The SMILES string of the molecule is O=C(OC1CCN(c2[nH+]cc(C(F)(F)F)cc2Cl)CC1)c1ccccc1. The summed E-state index contributed by atoms with van der Waals surface area (Å²) in [5.41, 5.74) is -0.327. The Balaban J connectivity index is 1.59. The number of carbonyl (C=O) groups excluding carboxylic acids is 1. The Morgan fingerprint density at radius 2 is 1.85 bits per heavy atom. The number of piperidine rings is 1. The van der Waals surface area contributed by atoms with E-state index in [1.54, 1.807) is 24.3 Å². The van der Waals surface area contributed by atoms with Gasteiger partial charge < -0.3 is 4.74 Å². The quantitative estimate of drug-likeness (QED) is 0.750. The van der Waals surface area contributed by atoms with Gasteiger partial charge in [0, 0.05) is 12.8 Å². The molecule has 1 aromatic heterocycles. The average molecular weight is 386 g/mol. The van der Waals surface area contributed by atoms with Crippen molar-refractivity contribution >= 4 is 23.4 Å². The number of alkyl halides is 3. The number of esters is 1. The van der Waals surface area contributed by atoms with Crippen LogP contribution in [0.1, 0.15) is 28.8 Å². The largest absolute Gasteiger partial charge is 0.458 e. The molecular weight excluding hydrogens is 369 g/mol. The molecule has 1 aromatic carbocycles. The second-order valence-electron chi connectivity index (χ2n) is 6.04. The van der Waals surface area contributed by atoms with E-state index >= 15 is 0 Å². The van der Waals surface area contributed by atoms with E-state index in [9.17, 15) is 18.0 Å². The van der Waals surface area contributed by atoms with Gasteiger partial charge in [-0.25, -0.2) is 9.78 Å². The highest BCUT2D eigenvalue weighted by molar-refractivity contribution is 6.32. The minimum Gasteiger partial charge on any atom is -0.458 e. The highest BCUT2D eigenvalue weighted by Gasteiger charge is 2.35. The molecule has 4 nitrogen and oxygen atoms in total. The summed E-state index contributed by atoms with van der Waals surface area (Å²) in [4.78, 5) is 16.6. The molecule has 2 heterocycles. The van der Waals surface area contributed by atoms with Crippen LogP contribution in [-0.2, 0) is 10.9 Å².